The topological polar surface area (TPSA) is 152 Å². The fraction of sp³-hybridized carbons (Fsp3) is 0.391. The van der Waals surface area contributed by atoms with Crippen molar-refractivity contribution in [3.8, 4) is 0 Å². The molecule has 4 rings (SSSR count). The van der Waals surface area contributed by atoms with Crippen LogP contribution in [0.25, 0.3) is 10.9 Å². The number of benzene rings is 2. The molecule has 17 heteroatoms. The minimum atomic E-state index is -4.93. The number of fused-ring (bicyclic) bond motifs is 1. The van der Waals surface area contributed by atoms with Crippen LogP contribution >= 0.6 is 23.2 Å². The van der Waals surface area contributed by atoms with Gasteiger partial charge in [0.05, 0.1) is 44.4 Å². The molecule has 0 unspecified atom stereocenters. The highest BCUT2D eigenvalue weighted by Crippen LogP contribution is 2.39. The minimum Gasteiger partial charge on any atom is -0.305 e. The molecule has 0 spiro atoms. The molecule has 2 aromatic carbocycles. The predicted octanol–water partition coefficient (Wildman–Crippen LogP) is 2.58. The van der Waals surface area contributed by atoms with Gasteiger partial charge >= 0.3 is 11.9 Å². The molecule has 10 nitrogen and oxygen atoms in total. The monoisotopic (exact) mass is 642 g/mol. The highest BCUT2D eigenvalue weighted by atomic mass is 35.5. The second-order valence-corrected chi connectivity index (χ2v) is 14.2. The third-order valence-electron chi connectivity index (χ3n) is 6.57. The molecule has 3 N–H and O–H groups in total. The van der Waals surface area contributed by atoms with Crippen molar-refractivity contribution in [3.05, 3.63) is 71.8 Å². The zero-order valence-electron chi connectivity index (χ0n) is 20.8. The zero-order chi connectivity index (χ0) is 29.8. The number of hydrogen-bond acceptors (Lipinski definition) is 7. The summed E-state index contributed by atoms with van der Waals surface area (Å²) in [5, 5.41) is 4.13. The number of primary sulfonamides is 1. The normalized spacial score (nSPS) is 15.5. The molecule has 2 heterocycles. The summed E-state index contributed by atoms with van der Waals surface area (Å²) in [6, 6.07) is 4.40. The summed E-state index contributed by atoms with van der Waals surface area (Å²) in [5.41, 5.74) is -4.05. The second-order valence-electron chi connectivity index (χ2n) is 9.50. The molecule has 0 atom stereocenters. The van der Waals surface area contributed by atoms with Crippen LogP contribution in [0.2, 0.25) is 10.0 Å². The van der Waals surface area contributed by atoms with Crippen molar-refractivity contribution < 1.29 is 30.0 Å². The first-order chi connectivity index (χ1) is 18.4. The van der Waals surface area contributed by atoms with Crippen molar-refractivity contribution in [3.63, 3.8) is 0 Å². The molecule has 1 aromatic heterocycles. The Morgan fingerprint density at radius 2 is 1.73 bits per heavy atom. The van der Waals surface area contributed by atoms with E-state index in [0.717, 1.165) is 0 Å². The van der Waals surface area contributed by atoms with Crippen molar-refractivity contribution in [2.45, 2.75) is 31.1 Å². The van der Waals surface area contributed by atoms with E-state index in [1.165, 1.54) is 30.0 Å². The van der Waals surface area contributed by atoms with Crippen LogP contribution in [-0.4, -0.2) is 55.9 Å². The third kappa shape index (κ3) is 6.24. The molecular weight excluding hydrogens is 620 g/mol. The van der Waals surface area contributed by atoms with Crippen LogP contribution in [0.1, 0.15) is 23.6 Å². The van der Waals surface area contributed by atoms with E-state index in [-0.39, 0.29) is 58.1 Å². The number of nitrogens with one attached hydrogen (secondary N) is 1. The number of aromatic amines is 1. The lowest BCUT2D eigenvalue weighted by atomic mass is 9.98. The van der Waals surface area contributed by atoms with E-state index >= 15 is 0 Å². The Kier molecular flexibility index (Phi) is 8.21. The molecular formula is C23H23Cl2F3N4O6S2. The molecule has 1 aliphatic heterocycles. The summed E-state index contributed by atoms with van der Waals surface area (Å²) in [5.74, 6) is -0.956. The number of likely N-dealkylation sites (tertiary alicyclic amines) is 1. The fourth-order valence-electron chi connectivity index (χ4n) is 4.71. The number of alkyl halides is 3. The van der Waals surface area contributed by atoms with E-state index < -0.39 is 65.4 Å². The molecule has 0 bridgehead atoms. The summed E-state index contributed by atoms with van der Waals surface area (Å²) in [7, 11) is -7.55. The Morgan fingerprint density at radius 3 is 2.30 bits per heavy atom. The standard InChI is InChI=1S/C23H23Cl2F3N4O6S2/c1-2-39(35,36)18-4-3-14(24)5-13(18)9-32-21(33)15-6-17(23(26,27)28)16(19(25)20(15)30-22(32)34)10-31-7-12(8-31)11-40(29,37)38/h3-6,12H,2,7-11H2,1H3,(H,30,34)(H2,29,37,38). The number of sulfone groups is 1. The molecule has 0 amide bonds. The van der Waals surface area contributed by atoms with Gasteiger partial charge in [-0.3, -0.25) is 14.3 Å². The number of nitrogens with two attached hydrogens (primary N) is 1. The van der Waals surface area contributed by atoms with Crippen LogP contribution in [0.3, 0.4) is 0 Å². The average molecular weight is 643 g/mol. The number of nitrogens with zero attached hydrogens (tertiary/aromatic N) is 2. The quantitative estimate of drug-likeness (QED) is 0.383. The lowest BCUT2D eigenvalue weighted by Gasteiger charge is -2.39. The number of aromatic nitrogens is 2. The van der Waals surface area contributed by atoms with Crippen molar-refractivity contribution in [1.82, 2.24) is 14.5 Å². The van der Waals surface area contributed by atoms with Gasteiger partial charge in [-0.2, -0.15) is 13.2 Å². The number of rotatable bonds is 8. The van der Waals surface area contributed by atoms with Gasteiger partial charge in [0.15, 0.2) is 9.84 Å². The third-order valence-corrected chi connectivity index (χ3v) is 9.99. The van der Waals surface area contributed by atoms with E-state index in [9.17, 15) is 39.6 Å². The van der Waals surface area contributed by atoms with Gasteiger partial charge in [-0.25, -0.2) is 26.8 Å². The summed E-state index contributed by atoms with van der Waals surface area (Å²) < 4.78 is 90.6. The van der Waals surface area contributed by atoms with Crippen LogP contribution in [0, 0.1) is 5.92 Å². The van der Waals surface area contributed by atoms with Gasteiger partial charge in [0.25, 0.3) is 5.56 Å². The summed E-state index contributed by atoms with van der Waals surface area (Å²) in [6.07, 6.45) is -4.93. The summed E-state index contributed by atoms with van der Waals surface area (Å²) >= 11 is 12.4. The molecule has 1 saturated heterocycles. The maximum absolute atomic E-state index is 14.1. The predicted molar refractivity (Wildman–Crippen MR) is 144 cm³/mol. The van der Waals surface area contributed by atoms with E-state index in [0.29, 0.717) is 10.6 Å². The smallest absolute Gasteiger partial charge is 0.305 e. The maximum Gasteiger partial charge on any atom is 0.416 e. The van der Waals surface area contributed by atoms with Gasteiger partial charge in [0.1, 0.15) is 0 Å². The van der Waals surface area contributed by atoms with Gasteiger partial charge in [-0.05, 0) is 41.3 Å². The zero-order valence-corrected chi connectivity index (χ0v) is 23.9. The van der Waals surface area contributed by atoms with Gasteiger partial charge in [-0.15, -0.1) is 0 Å². The van der Waals surface area contributed by atoms with E-state index in [2.05, 4.69) is 4.98 Å². The van der Waals surface area contributed by atoms with Crippen molar-refractivity contribution >= 4 is 54.0 Å². The van der Waals surface area contributed by atoms with E-state index in [4.69, 9.17) is 28.3 Å². The number of sulfonamides is 1. The first-order valence-corrected chi connectivity index (χ1v) is 15.8. The molecule has 0 aliphatic carbocycles. The first kappa shape index (κ1) is 30.5. The van der Waals surface area contributed by atoms with Gasteiger partial charge in [0.2, 0.25) is 10.0 Å². The molecule has 0 saturated carbocycles. The SMILES string of the molecule is CCS(=O)(=O)c1ccc(Cl)cc1Cn1c(=O)[nH]c2c(Cl)c(CN3CC(CS(N)(=O)=O)C3)c(C(F)(F)F)cc2c1=O. The molecule has 40 heavy (non-hydrogen) atoms. The molecule has 0 radical (unpaired) electrons. The van der Waals surface area contributed by atoms with E-state index in [1.807, 2.05) is 0 Å². The summed E-state index contributed by atoms with van der Waals surface area (Å²) in [6.45, 7) is 0.808. The number of halogens is 5. The van der Waals surface area contributed by atoms with Gasteiger partial charge in [-0.1, -0.05) is 30.1 Å². The maximum atomic E-state index is 14.1. The Bertz CT molecular complexity index is 1830. The second kappa shape index (κ2) is 10.8. The lowest BCUT2D eigenvalue weighted by Crippen LogP contribution is -2.49. The van der Waals surface area contributed by atoms with Crippen molar-refractivity contribution in [2.75, 3.05) is 24.6 Å². The highest BCUT2D eigenvalue weighted by Gasteiger charge is 2.38. The fourth-order valence-corrected chi connectivity index (χ4v) is 7.19. The first-order valence-electron chi connectivity index (χ1n) is 11.7. The average Bonchev–Trinajstić information content (AvgIpc) is 2.80. The van der Waals surface area contributed by atoms with Gasteiger partial charge in [0, 0.05) is 24.7 Å². The molecule has 1 aliphatic rings. The molecule has 1 fully saturated rings. The van der Waals surface area contributed by atoms with Crippen LogP contribution in [0.15, 0.2) is 38.8 Å². The largest absolute Gasteiger partial charge is 0.416 e. The molecule has 218 valence electrons. The Hall–Kier alpha value is -2.43. The van der Waals surface area contributed by atoms with Gasteiger partial charge < -0.3 is 4.98 Å². The van der Waals surface area contributed by atoms with Crippen molar-refractivity contribution in [2.24, 2.45) is 11.1 Å². The van der Waals surface area contributed by atoms with Crippen LogP contribution in [0.4, 0.5) is 13.2 Å². The summed E-state index contributed by atoms with van der Waals surface area (Å²) in [4.78, 5) is 30.0. The van der Waals surface area contributed by atoms with Crippen LogP contribution in [0.5, 0.6) is 0 Å². The van der Waals surface area contributed by atoms with Crippen molar-refractivity contribution in [1.29, 1.82) is 0 Å². The highest BCUT2D eigenvalue weighted by molar-refractivity contribution is 7.91. The lowest BCUT2D eigenvalue weighted by molar-refractivity contribution is -0.138. The Balaban J connectivity index is 1.81. The minimum absolute atomic E-state index is 0.00638. The van der Waals surface area contributed by atoms with E-state index in [1.54, 1.807) is 0 Å². The number of H-pyrrole nitrogens is 1. The Morgan fingerprint density at radius 1 is 1.07 bits per heavy atom. The number of hydrogen-bond donors (Lipinski definition) is 2. The van der Waals surface area contributed by atoms with Crippen LogP contribution < -0.4 is 16.4 Å². The Labute approximate surface area is 236 Å². The van der Waals surface area contributed by atoms with Crippen LogP contribution in [-0.2, 0) is 39.1 Å². The molecule has 3 aromatic rings.